The smallest absolute Gasteiger partial charge is 0.253 e. The van der Waals surface area contributed by atoms with Gasteiger partial charge >= 0.3 is 0 Å². The molecule has 0 fully saturated rings. The zero-order chi connectivity index (χ0) is 20.4. The molecule has 0 radical (unpaired) electrons. The van der Waals surface area contributed by atoms with Gasteiger partial charge in [-0.1, -0.05) is 41.9 Å². The zero-order valence-electron chi connectivity index (χ0n) is 16.0. The van der Waals surface area contributed by atoms with Crippen molar-refractivity contribution >= 4 is 35.2 Å². The van der Waals surface area contributed by atoms with Crippen LogP contribution in [0.3, 0.4) is 0 Å². The predicted octanol–water partition coefficient (Wildman–Crippen LogP) is 3.56. The number of carbonyl (C=O) groups excluding carboxylic acids is 2. The third-order valence-corrected chi connectivity index (χ3v) is 5.21. The molecular formula is C21H25ClN2O3S. The van der Waals surface area contributed by atoms with Crippen LogP contribution in [-0.2, 0) is 11.2 Å². The van der Waals surface area contributed by atoms with Crippen LogP contribution in [-0.4, -0.2) is 43.5 Å². The molecule has 0 bridgehead atoms. The Bertz CT molecular complexity index is 801. The minimum absolute atomic E-state index is 0.204. The van der Waals surface area contributed by atoms with E-state index in [1.807, 2.05) is 30.5 Å². The number of halogens is 1. The van der Waals surface area contributed by atoms with E-state index in [4.69, 9.17) is 16.3 Å². The van der Waals surface area contributed by atoms with E-state index in [0.29, 0.717) is 30.0 Å². The maximum absolute atomic E-state index is 12.6. The van der Waals surface area contributed by atoms with Gasteiger partial charge in [0.15, 0.2) is 0 Å². The normalized spacial score (nSPS) is 11.5. The summed E-state index contributed by atoms with van der Waals surface area (Å²) >= 11 is 7.71. The first-order valence-corrected chi connectivity index (χ1v) is 10.8. The summed E-state index contributed by atoms with van der Waals surface area (Å²) < 4.78 is 5.33. The number of benzene rings is 2. The Labute approximate surface area is 175 Å². The van der Waals surface area contributed by atoms with Crippen molar-refractivity contribution in [2.75, 3.05) is 25.7 Å². The summed E-state index contributed by atoms with van der Waals surface area (Å²) in [7, 11) is 1.63. The van der Waals surface area contributed by atoms with Crippen LogP contribution in [0.2, 0.25) is 5.02 Å². The molecule has 0 aromatic heterocycles. The van der Waals surface area contributed by atoms with Gasteiger partial charge in [0.2, 0.25) is 5.91 Å². The van der Waals surface area contributed by atoms with Crippen LogP contribution < -0.4 is 15.4 Å². The Hall–Kier alpha value is -2.18. The second-order valence-corrected chi connectivity index (χ2v) is 7.53. The van der Waals surface area contributed by atoms with Crippen molar-refractivity contribution in [1.82, 2.24) is 10.6 Å². The summed E-state index contributed by atoms with van der Waals surface area (Å²) in [6, 6.07) is 13.9. The van der Waals surface area contributed by atoms with Gasteiger partial charge in [0.05, 0.1) is 17.7 Å². The summed E-state index contributed by atoms with van der Waals surface area (Å²) in [6.07, 6.45) is 3.15. The predicted molar refractivity (Wildman–Crippen MR) is 115 cm³/mol. The lowest BCUT2D eigenvalue weighted by Gasteiger charge is -2.19. The van der Waals surface area contributed by atoms with E-state index in [-0.39, 0.29) is 11.8 Å². The number of nitrogens with one attached hydrogen (secondary N) is 2. The van der Waals surface area contributed by atoms with E-state index in [0.717, 1.165) is 17.1 Å². The lowest BCUT2D eigenvalue weighted by atomic mass is 10.1. The maximum Gasteiger partial charge on any atom is 0.253 e. The van der Waals surface area contributed by atoms with Gasteiger partial charge in [-0.05, 0) is 48.6 Å². The van der Waals surface area contributed by atoms with Gasteiger partial charge in [0, 0.05) is 6.54 Å². The third kappa shape index (κ3) is 6.46. The molecule has 5 nitrogen and oxygen atoms in total. The number of carbonyl (C=O) groups is 2. The highest BCUT2D eigenvalue weighted by molar-refractivity contribution is 7.98. The molecule has 1 unspecified atom stereocenters. The molecule has 7 heteroatoms. The van der Waals surface area contributed by atoms with Gasteiger partial charge in [-0.25, -0.2) is 0 Å². The fourth-order valence-corrected chi connectivity index (χ4v) is 3.43. The molecule has 2 rings (SSSR count). The number of methoxy groups -OCH3 is 1. The minimum Gasteiger partial charge on any atom is -0.496 e. The molecule has 0 aliphatic carbocycles. The van der Waals surface area contributed by atoms with Crippen LogP contribution in [0.15, 0.2) is 48.5 Å². The SMILES string of the molecule is COc1ccccc1CCNC(=O)C(CCSC)NC(=O)c1ccccc1Cl. The summed E-state index contributed by atoms with van der Waals surface area (Å²) in [6.45, 7) is 0.455. The minimum atomic E-state index is -0.617. The molecule has 2 N–H and O–H groups in total. The van der Waals surface area contributed by atoms with Gasteiger partial charge in [-0.15, -0.1) is 0 Å². The Kier molecular flexibility index (Phi) is 9.17. The average Bonchev–Trinajstić information content (AvgIpc) is 2.71. The summed E-state index contributed by atoms with van der Waals surface area (Å²) in [5.74, 6) is 0.997. The van der Waals surface area contributed by atoms with Gasteiger partial charge < -0.3 is 15.4 Å². The average molecular weight is 421 g/mol. The highest BCUT2D eigenvalue weighted by Gasteiger charge is 2.22. The first-order valence-electron chi connectivity index (χ1n) is 9.00. The van der Waals surface area contributed by atoms with Gasteiger partial charge in [0.25, 0.3) is 5.91 Å². The molecule has 0 saturated heterocycles. The van der Waals surface area contributed by atoms with E-state index in [9.17, 15) is 9.59 Å². The van der Waals surface area contributed by atoms with Gasteiger partial charge in [-0.2, -0.15) is 11.8 Å². The van der Waals surface area contributed by atoms with E-state index in [1.54, 1.807) is 43.1 Å². The molecular weight excluding hydrogens is 396 g/mol. The van der Waals surface area contributed by atoms with Crippen molar-refractivity contribution in [3.8, 4) is 5.75 Å². The van der Waals surface area contributed by atoms with Crippen LogP contribution in [0, 0.1) is 0 Å². The summed E-state index contributed by atoms with van der Waals surface area (Å²) in [4.78, 5) is 25.2. The number of hydrogen-bond donors (Lipinski definition) is 2. The number of rotatable bonds is 10. The van der Waals surface area contributed by atoms with Crippen LogP contribution in [0.25, 0.3) is 0 Å². The second kappa shape index (κ2) is 11.6. The second-order valence-electron chi connectivity index (χ2n) is 6.14. The summed E-state index contributed by atoms with van der Waals surface area (Å²) in [5.41, 5.74) is 1.38. The lowest BCUT2D eigenvalue weighted by molar-refractivity contribution is -0.122. The fraction of sp³-hybridized carbons (Fsp3) is 0.333. The molecule has 0 spiro atoms. The van der Waals surface area contributed by atoms with Crippen molar-refractivity contribution < 1.29 is 14.3 Å². The Morgan fingerprint density at radius 2 is 1.86 bits per heavy atom. The lowest BCUT2D eigenvalue weighted by Crippen LogP contribution is -2.47. The number of para-hydroxylation sites is 1. The molecule has 28 heavy (non-hydrogen) atoms. The quantitative estimate of drug-likeness (QED) is 0.616. The van der Waals surface area contributed by atoms with E-state index in [1.165, 1.54) is 0 Å². The molecule has 2 aromatic rings. The Morgan fingerprint density at radius 3 is 2.57 bits per heavy atom. The molecule has 0 aliphatic rings. The molecule has 150 valence electrons. The third-order valence-electron chi connectivity index (χ3n) is 4.24. The zero-order valence-corrected chi connectivity index (χ0v) is 17.6. The molecule has 1 atom stereocenters. The number of thioether (sulfide) groups is 1. The standard InChI is InChI=1S/C21H25ClN2O3S/c1-27-19-10-6-3-7-15(19)11-13-23-21(26)18(12-14-28-2)24-20(25)16-8-4-5-9-17(16)22/h3-10,18H,11-14H2,1-2H3,(H,23,26)(H,24,25). The van der Waals surface area contributed by atoms with Crippen molar-refractivity contribution in [3.63, 3.8) is 0 Å². The van der Waals surface area contributed by atoms with Crippen molar-refractivity contribution in [2.24, 2.45) is 0 Å². The van der Waals surface area contributed by atoms with Gasteiger partial charge in [0.1, 0.15) is 11.8 Å². The van der Waals surface area contributed by atoms with Crippen molar-refractivity contribution in [3.05, 3.63) is 64.7 Å². The topological polar surface area (TPSA) is 67.4 Å². The number of ether oxygens (including phenoxy) is 1. The summed E-state index contributed by atoms with van der Waals surface area (Å²) in [5, 5.41) is 6.08. The first kappa shape index (κ1) is 22.1. The maximum atomic E-state index is 12.6. The highest BCUT2D eigenvalue weighted by atomic mass is 35.5. The van der Waals surface area contributed by atoms with Crippen molar-refractivity contribution in [1.29, 1.82) is 0 Å². The monoisotopic (exact) mass is 420 g/mol. The van der Waals surface area contributed by atoms with Crippen LogP contribution in [0.1, 0.15) is 22.3 Å². The fourth-order valence-electron chi connectivity index (χ4n) is 2.74. The van der Waals surface area contributed by atoms with Crippen LogP contribution >= 0.6 is 23.4 Å². The highest BCUT2D eigenvalue weighted by Crippen LogP contribution is 2.17. The number of hydrogen-bond acceptors (Lipinski definition) is 4. The largest absolute Gasteiger partial charge is 0.496 e. The van der Waals surface area contributed by atoms with Crippen LogP contribution in [0.5, 0.6) is 5.75 Å². The first-order chi connectivity index (χ1) is 13.6. The van der Waals surface area contributed by atoms with E-state index >= 15 is 0 Å². The Morgan fingerprint density at radius 1 is 1.14 bits per heavy atom. The molecule has 0 saturated carbocycles. The van der Waals surface area contributed by atoms with Gasteiger partial charge in [-0.3, -0.25) is 9.59 Å². The number of amides is 2. The molecule has 0 aliphatic heterocycles. The Balaban J connectivity index is 1.96. The molecule has 0 heterocycles. The van der Waals surface area contributed by atoms with E-state index < -0.39 is 6.04 Å². The molecule has 2 aromatic carbocycles. The van der Waals surface area contributed by atoms with Crippen molar-refractivity contribution in [2.45, 2.75) is 18.9 Å². The molecule has 2 amide bonds. The van der Waals surface area contributed by atoms with Crippen LogP contribution in [0.4, 0.5) is 0 Å². The van der Waals surface area contributed by atoms with E-state index in [2.05, 4.69) is 10.6 Å².